The molecule has 0 spiro atoms. The molecule has 0 bridgehead atoms. The van der Waals surface area contributed by atoms with Gasteiger partial charge in [-0.05, 0) is 56.2 Å². The standard InChI is InChI=1S/C25H29N5O5S/c1-4-14-29(15-5-2)19-8-12-22(26-27-24-17-20(30(32)33)9-13-25(24)31)23(16-19)28-36(34,35)21-10-6-18(3)7-11-21/h6-13,16-17,28,31H,4-5,14-15H2,1-3H3. The first kappa shape index (κ1) is 26.6. The molecule has 11 heteroatoms. The van der Waals surface area contributed by atoms with Crippen molar-refractivity contribution in [1.82, 2.24) is 0 Å². The van der Waals surface area contributed by atoms with E-state index in [2.05, 4.69) is 33.7 Å². The number of nitro benzene ring substituents is 1. The number of sulfonamides is 1. The van der Waals surface area contributed by atoms with E-state index in [0.29, 0.717) is 0 Å². The molecule has 0 amide bonds. The fourth-order valence-corrected chi connectivity index (χ4v) is 4.60. The van der Waals surface area contributed by atoms with Crippen LogP contribution in [0.3, 0.4) is 0 Å². The van der Waals surface area contributed by atoms with Crippen LogP contribution in [0.25, 0.3) is 0 Å². The molecule has 36 heavy (non-hydrogen) atoms. The van der Waals surface area contributed by atoms with Crippen LogP contribution in [0.2, 0.25) is 0 Å². The van der Waals surface area contributed by atoms with Crippen molar-refractivity contribution in [3.63, 3.8) is 0 Å². The Morgan fingerprint density at radius 1 is 0.944 bits per heavy atom. The van der Waals surface area contributed by atoms with E-state index >= 15 is 0 Å². The van der Waals surface area contributed by atoms with E-state index in [1.807, 2.05) is 13.0 Å². The first-order valence-corrected chi connectivity index (χ1v) is 13.0. The van der Waals surface area contributed by atoms with Gasteiger partial charge in [0, 0.05) is 30.9 Å². The van der Waals surface area contributed by atoms with Crippen LogP contribution in [-0.4, -0.2) is 31.5 Å². The largest absolute Gasteiger partial charge is 0.506 e. The molecule has 0 aliphatic heterocycles. The highest BCUT2D eigenvalue weighted by Crippen LogP contribution is 2.36. The Kier molecular flexibility index (Phi) is 8.59. The molecule has 0 aliphatic carbocycles. The number of benzene rings is 3. The van der Waals surface area contributed by atoms with Crippen LogP contribution < -0.4 is 9.62 Å². The van der Waals surface area contributed by atoms with Gasteiger partial charge in [0.15, 0.2) is 0 Å². The van der Waals surface area contributed by atoms with Gasteiger partial charge in [-0.2, -0.15) is 0 Å². The Morgan fingerprint density at radius 2 is 1.58 bits per heavy atom. The summed E-state index contributed by atoms with van der Waals surface area (Å²) in [4.78, 5) is 12.7. The van der Waals surface area contributed by atoms with Crippen molar-refractivity contribution in [2.45, 2.75) is 38.5 Å². The highest BCUT2D eigenvalue weighted by Gasteiger charge is 2.18. The number of aryl methyl sites for hydroxylation is 1. The Hall–Kier alpha value is -3.99. The van der Waals surface area contributed by atoms with Crippen LogP contribution in [0, 0.1) is 17.0 Å². The van der Waals surface area contributed by atoms with Crippen LogP contribution in [0.5, 0.6) is 5.75 Å². The van der Waals surface area contributed by atoms with Gasteiger partial charge in [0.2, 0.25) is 0 Å². The molecule has 3 aromatic carbocycles. The predicted octanol–water partition coefficient (Wildman–Crippen LogP) is 6.45. The van der Waals surface area contributed by atoms with Crippen molar-refractivity contribution in [2.75, 3.05) is 22.7 Å². The lowest BCUT2D eigenvalue weighted by atomic mass is 10.2. The van der Waals surface area contributed by atoms with Crippen molar-refractivity contribution in [3.8, 4) is 5.75 Å². The molecule has 2 N–H and O–H groups in total. The second-order valence-corrected chi connectivity index (χ2v) is 9.92. The molecular formula is C25H29N5O5S. The monoisotopic (exact) mass is 511 g/mol. The first-order valence-electron chi connectivity index (χ1n) is 11.5. The number of hydrogen-bond donors (Lipinski definition) is 2. The maximum atomic E-state index is 13.1. The Labute approximate surface area is 210 Å². The third-order valence-corrected chi connectivity index (χ3v) is 6.72. The molecule has 0 atom stereocenters. The van der Waals surface area contributed by atoms with Crippen LogP contribution in [-0.2, 0) is 10.0 Å². The van der Waals surface area contributed by atoms with Gasteiger partial charge in [0.25, 0.3) is 15.7 Å². The summed E-state index contributed by atoms with van der Waals surface area (Å²) in [5.41, 5.74) is 1.76. The minimum atomic E-state index is -3.94. The first-order chi connectivity index (χ1) is 17.1. The molecule has 0 aliphatic rings. The van der Waals surface area contributed by atoms with Crippen molar-refractivity contribution in [2.24, 2.45) is 10.2 Å². The van der Waals surface area contributed by atoms with Gasteiger partial charge in [-0.25, -0.2) is 8.42 Å². The van der Waals surface area contributed by atoms with Gasteiger partial charge in [-0.1, -0.05) is 31.5 Å². The molecule has 0 saturated heterocycles. The average Bonchev–Trinajstić information content (AvgIpc) is 2.84. The Bertz CT molecular complexity index is 1350. The van der Waals surface area contributed by atoms with Gasteiger partial charge in [-0.3, -0.25) is 14.8 Å². The molecule has 3 aromatic rings. The van der Waals surface area contributed by atoms with Crippen LogP contribution in [0.1, 0.15) is 32.3 Å². The number of phenolic OH excluding ortho intramolecular Hbond substituents is 1. The van der Waals surface area contributed by atoms with E-state index in [1.54, 1.807) is 24.3 Å². The predicted molar refractivity (Wildman–Crippen MR) is 140 cm³/mol. The number of aromatic hydroxyl groups is 1. The topological polar surface area (TPSA) is 138 Å². The lowest BCUT2D eigenvalue weighted by molar-refractivity contribution is -0.384. The third-order valence-electron chi connectivity index (χ3n) is 5.34. The molecular weight excluding hydrogens is 482 g/mol. The molecule has 0 saturated carbocycles. The zero-order chi connectivity index (χ0) is 26.3. The summed E-state index contributed by atoms with van der Waals surface area (Å²) in [5, 5.41) is 29.2. The number of non-ortho nitro benzene ring substituents is 1. The molecule has 0 heterocycles. The zero-order valence-corrected chi connectivity index (χ0v) is 21.2. The summed E-state index contributed by atoms with van der Waals surface area (Å²) >= 11 is 0. The van der Waals surface area contributed by atoms with E-state index in [1.165, 1.54) is 12.1 Å². The van der Waals surface area contributed by atoms with Gasteiger partial charge in [0.1, 0.15) is 17.1 Å². The molecule has 0 unspecified atom stereocenters. The molecule has 0 fully saturated rings. The third kappa shape index (κ3) is 6.57. The van der Waals surface area contributed by atoms with Crippen LogP contribution in [0.15, 0.2) is 75.8 Å². The van der Waals surface area contributed by atoms with Crippen LogP contribution >= 0.6 is 0 Å². The quantitative estimate of drug-likeness (QED) is 0.172. The summed E-state index contributed by atoms with van der Waals surface area (Å²) in [6, 6.07) is 15.0. The van der Waals surface area contributed by atoms with E-state index in [9.17, 15) is 23.6 Å². The molecule has 3 rings (SSSR count). The lowest BCUT2D eigenvalue weighted by Crippen LogP contribution is -2.25. The number of nitro groups is 1. The highest BCUT2D eigenvalue weighted by atomic mass is 32.2. The van der Waals surface area contributed by atoms with Gasteiger partial charge >= 0.3 is 0 Å². The number of rotatable bonds is 11. The summed E-state index contributed by atoms with van der Waals surface area (Å²) < 4.78 is 28.9. The number of nitrogens with one attached hydrogen (secondary N) is 1. The van der Waals surface area contributed by atoms with Gasteiger partial charge < -0.3 is 10.0 Å². The number of azo groups is 1. The summed E-state index contributed by atoms with van der Waals surface area (Å²) in [6.45, 7) is 7.58. The minimum absolute atomic E-state index is 0.0942. The van der Waals surface area contributed by atoms with Crippen molar-refractivity contribution in [1.29, 1.82) is 0 Å². The molecule has 0 aromatic heterocycles. The number of hydrogen-bond acceptors (Lipinski definition) is 8. The second-order valence-electron chi connectivity index (χ2n) is 8.24. The van der Waals surface area contributed by atoms with E-state index < -0.39 is 14.9 Å². The Balaban J connectivity index is 2.06. The number of nitrogens with zero attached hydrogens (tertiary/aromatic N) is 4. The maximum absolute atomic E-state index is 13.1. The normalized spacial score (nSPS) is 11.5. The molecule has 190 valence electrons. The molecule has 10 nitrogen and oxygen atoms in total. The van der Waals surface area contributed by atoms with E-state index in [4.69, 9.17) is 0 Å². The average molecular weight is 512 g/mol. The maximum Gasteiger partial charge on any atom is 0.271 e. The van der Waals surface area contributed by atoms with E-state index in [0.717, 1.165) is 55.4 Å². The van der Waals surface area contributed by atoms with Crippen molar-refractivity contribution >= 4 is 38.5 Å². The minimum Gasteiger partial charge on any atom is -0.506 e. The SMILES string of the molecule is CCCN(CCC)c1ccc(N=Nc2cc([N+](=O)[O-])ccc2O)c(NS(=O)(=O)c2ccc(C)cc2)c1. The lowest BCUT2D eigenvalue weighted by Gasteiger charge is -2.24. The van der Waals surface area contributed by atoms with Gasteiger partial charge in [0.05, 0.1) is 15.5 Å². The fourth-order valence-electron chi connectivity index (χ4n) is 3.53. The second kappa shape index (κ2) is 11.6. The van der Waals surface area contributed by atoms with Crippen molar-refractivity contribution in [3.05, 3.63) is 76.3 Å². The smallest absolute Gasteiger partial charge is 0.271 e. The number of anilines is 2. The fraction of sp³-hybridized carbons (Fsp3) is 0.280. The summed E-state index contributed by atoms with van der Waals surface area (Å²) in [5.74, 6) is -0.292. The Morgan fingerprint density at radius 3 is 2.19 bits per heavy atom. The summed E-state index contributed by atoms with van der Waals surface area (Å²) in [6.07, 6.45) is 1.83. The van der Waals surface area contributed by atoms with Crippen molar-refractivity contribution < 1.29 is 18.4 Å². The number of phenols is 1. The summed E-state index contributed by atoms with van der Waals surface area (Å²) in [7, 11) is -3.94. The molecule has 0 radical (unpaired) electrons. The van der Waals surface area contributed by atoms with Gasteiger partial charge in [-0.15, -0.1) is 10.2 Å². The zero-order valence-electron chi connectivity index (χ0n) is 20.4. The van der Waals surface area contributed by atoms with Crippen LogP contribution in [0.4, 0.5) is 28.4 Å². The highest BCUT2D eigenvalue weighted by molar-refractivity contribution is 7.92. The van der Waals surface area contributed by atoms with E-state index in [-0.39, 0.29) is 33.4 Å².